The Bertz CT molecular complexity index is 674. The highest BCUT2D eigenvalue weighted by atomic mass is 35.6. The van der Waals surface area contributed by atoms with Gasteiger partial charge in [-0.3, -0.25) is 14.8 Å². The van der Waals surface area contributed by atoms with Crippen LogP contribution >= 0.6 is 34.8 Å². The van der Waals surface area contributed by atoms with Crippen molar-refractivity contribution in [2.24, 2.45) is 4.99 Å². The molecule has 1 amide bonds. The quantitative estimate of drug-likeness (QED) is 0.625. The van der Waals surface area contributed by atoms with Gasteiger partial charge in [0.15, 0.2) is 9.84 Å². The molecule has 1 fully saturated rings. The lowest BCUT2D eigenvalue weighted by Crippen LogP contribution is -2.46. The average molecular weight is 385 g/mol. The maximum atomic E-state index is 11.8. The van der Waals surface area contributed by atoms with Crippen molar-refractivity contribution in [1.29, 1.82) is 0 Å². The van der Waals surface area contributed by atoms with Crippen molar-refractivity contribution < 1.29 is 13.2 Å². The fraction of sp³-hybridized carbons (Fsp3) is 0.417. The standard InChI is InChI=1S/C12H12Cl3N3O3S/c13-12(14,15)11(19)18-10-7-22(20,21)6-9(10)17-5-8-1-3-16-4-2-8/h1-5,9-10H,6-7H2,(H,18,19)/t9-,10+/m0/s1. The molecule has 0 bridgehead atoms. The molecule has 0 saturated carbocycles. The first-order chi connectivity index (χ1) is 10.2. The number of aliphatic imine (C=N–C) groups is 1. The number of hydrogen-bond acceptors (Lipinski definition) is 5. The van der Waals surface area contributed by atoms with Gasteiger partial charge < -0.3 is 5.32 Å². The number of aromatic nitrogens is 1. The number of pyridine rings is 1. The van der Waals surface area contributed by atoms with Crippen LogP contribution in [-0.4, -0.2) is 52.9 Å². The number of nitrogens with zero attached hydrogens (tertiary/aromatic N) is 2. The minimum Gasteiger partial charge on any atom is -0.346 e. The topological polar surface area (TPSA) is 88.5 Å². The molecule has 2 rings (SSSR count). The summed E-state index contributed by atoms with van der Waals surface area (Å²) in [4.78, 5) is 19.8. The molecule has 0 spiro atoms. The highest BCUT2D eigenvalue weighted by Crippen LogP contribution is 2.27. The van der Waals surface area contributed by atoms with Gasteiger partial charge in [0.1, 0.15) is 0 Å². The summed E-state index contributed by atoms with van der Waals surface area (Å²) in [6.45, 7) is 0. The van der Waals surface area contributed by atoms with Crippen LogP contribution in [0.3, 0.4) is 0 Å². The summed E-state index contributed by atoms with van der Waals surface area (Å²) in [6, 6.07) is 2.09. The van der Waals surface area contributed by atoms with E-state index in [0.717, 1.165) is 5.56 Å². The average Bonchev–Trinajstić information content (AvgIpc) is 2.71. The number of halogens is 3. The molecule has 1 N–H and O–H groups in total. The monoisotopic (exact) mass is 383 g/mol. The Morgan fingerprint density at radius 2 is 1.95 bits per heavy atom. The molecule has 120 valence electrons. The van der Waals surface area contributed by atoms with E-state index >= 15 is 0 Å². The molecule has 2 atom stereocenters. The van der Waals surface area contributed by atoms with Crippen molar-refractivity contribution in [3.8, 4) is 0 Å². The van der Waals surface area contributed by atoms with Crippen LogP contribution in [0.15, 0.2) is 29.5 Å². The number of carbonyl (C=O) groups is 1. The molecule has 6 nitrogen and oxygen atoms in total. The van der Waals surface area contributed by atoms with Crippen molar-refractivity contribution in [1.82, 2.24) is 10.3 Å². The summed E-state index contributed by atoms with van der Waals surface area (Å²) in [5, 5.41) is 2.42. The minimum absolute atomic E-state index is 0.167. The molecule has 1 saturated heterocycles. The second-order valence-corrected chi connectivity index (χ2v) is 9.22. The third-order valence-corrected chi connectivity index (χ3v) is 5.25. The summed E-state index contributed by atoms with van der Waals surface area (Å²) in [7, 11) is -3.31. The van der Waals surface area contributed by atoms with Crippen LogP contribution in [0.1, 0.15) is 5.56 Å². The van der Waals surface area contributed by atoms with E-state index in [0.29, 0.717) is 0 Å². The zero-order chi connectivity index (χ0) is 16.4. The normalized spacial score (nSPS) is 24.5. The van der Waals surface area contributed by atoms with Gasteiger partial charge in [0.25, 0.3) is 9.70 Å². The van der Waals surface area contributed by atoms with Crippen molar-refractivity contribution in [3.63, 3.8) is 0 Å². The second kappa shape index (κ2) is 6.70. The van der Waals surface area contributed by atoms with Crippen LogP contribution < -0.4 is 5.32 Å². The van der Waals surface area contributed by atoms with E-state index in [-0.39, 0.29) is 11.5 Å². The van der Waals surface area contributed by atoms with E-state index in [9.17, 15) is 13.2 Å². The number of carbonyl (C=O) groups excluding carboxylic acids is 1. The predicted octanol–water partition coefficient (Wildman–Crippen LogP) is 1.15. The van der Waals surface area contributed by atoms with Gasteiger partial charge in [-0.2, -0.15) is 0 Å². The molecule has 0 radical (unpaired) electrons. The molecule has 0 aliphatic carbocycles. The molecule has 1 aromatic heterocycles. The Morgan fingerprint density at radius 3 is 2.55 bits per heavy atom. The van der Waals surface area contributed by atoms with Crippen molar-refractivity contribution in [2.45, 2.75) is 15.9 Å². The van der Waals surface area contributed by atoms with Crippen molar-refractivity contribution in [2.75, 3.05) is 11.5 Å². The lowest BCUT2D eigenvalue weighted by atomic mass is 10.2. The summed E-state index contributed by atoms with van der Waals surface area (Å²) >= 11 is 16.4. The summed E-state index contributed by atoms with van der Waals surface area (Å²) in [6.07, 6.45) is 4.71. The summed E-state index contributed by atoms with van der Waals surface area (Å²) in [5.74, 6) is -1.28. The molecule has 1 aromatic rings. The van der Waals surface area contributed by atoms with Gasteiger partial charge in [0, 0.05) is 18.6 Å². The first-order valence-electron chi connectivity index (χ1n) is 6.19. The van der Waals surface area contributed by atoms with Crippen LogP contribution in [0, 0.1) is 0 Å². The lowest BCUT2D eigenvalue weighted by molar-refractivity contribution is -0.120. The third kappa shape index (κ3) is 4.81. The van der Waals surface area contributed by atoms with E-state index in [2.05, 4.69) is 15.3 Å². The molecule has 0 aromatic carbocycles. The third-order valence-electron chi connectivity index (χ3n) is 3.02. The second-order valence-electron chi connectivity index (χ2n) is 4.78. The van der Waals surface area contributed by atoms with Crippen LogP contribution in [-0.2, 0) is 14.6 Å². The largest absolute Gasteiger partial charge is 0.346 e. The van der Waals surface area contributed by atoms with Gasteiger partial charge in [-0.25, -0.2) is 8.42 Å². The van der Waals surface area contributed by atoms with Crippen LogP contribution in [0.4, 0.5) is 0 Å². The number of amides is 1. The van der Waals surface area contributed by atoms with Gasteiger partial charge in [0.05, 0.1) is 23.6 Å². The Morgan fingerprint density at radius 1 is 1.32 bits per heavy atom. The maximum absolute atomic E-state index is 11.8. The van der Waals surface area contributed by atoms with Gasteiger partial charge in [-0.05, 0) is 17.7 Å². The zero-order valence-electron chi connectivity index (χ0n) is 11.1. The molecule has 1 aliphatic rings. The fourth-order valence-corrected chi connectivity index (χ4v) is 3.99. The highest BCUT2D eigenvalue weighted by Gasteiger charge is 2.41. The molecule has 1 aliphatic heterocycles. The molecule has 0 unspecified atom stereocenters. The van der Waals surface area contributed by atoms with E-state index in [1.165, 1.54) is 6.21 Å². The van der Waals surface area contributed by atoms with E-state index in [4.69, 9.17) is 34.8 Å². The molecule has 22 heavy (non-hydrogen) atoms. The summed E-state index contributed by atoms with van der Waals surface area (Å²) < 4.78 is 21.4. The predicted molar refractivity (Wildman–Crippen MR) is 86.5 cm³/mol. The number of nitrogens with one attached hydrogen (secondary N) is 1. The van der Waals surface area contributed by atoms with E-state index in [1.807, 2.05) is 0 Å². The van der Waals surface area contributed by atoms with Gasteiger partial charge >= 0.3 is 0 Å². The SMILES string of the molecule is O=C(N[C@@H]1CS(=O)(=O)C[C@@H]1N=Cc1ccncc1)C(Cl)(Cl)Cl. The van der Waals surface area contributed by atoms with Gasteiger partial charge in [0.2, 0.25) is 0 Å². The Balaban J connectivity index is 2.13. The molecule has 10 heteroatoms. The fourth-order valence-electron chi connectivity index (χ4n) is 2.00. The maximum Gasteiger partial charge on any atom is 0.272 e. The van der Waals surface area contributed by atoms with E-state index in [1.54, 1.807) is 24.5 Å². The first kappa shape index (κ1) is 17.5. The van der Waals surface area contributed by atoms with Crippen molar-refractivity contribution in [3.05, 3.63) is 30.1 Å². The highest BCUT2D eigenvalue weighted by molar-refractivity contribution is 7.91. The Kier molecular flexibility index (Phi) is 5.32. The molecular weight excluding hydrogens is 373 g/mol. The Hall–Kier alpha value is -0.890. The number of alkyl halides is 3. The zero-order valence-corrected chi connectivity index (χ0v) is 14.2. The number of hydrogen-bond donors (Lipinski definition) is 1. The van der Waals surface area contributed by atoms with Crippen LogP contribution in [0.25, 0.3) is 0 Å². The van der Waals surface area contributed by atoms with Crippen LogP contribution in [0.5, 0.6) is 0 Å². The van der Waals surface area contributed by atoms with Gasteiger partial charge in [-0.1, -0.05) is 34.8 Å². The Labute approximate surface area is 142 Å². The summed E-state index contributed by atoms with van der Waals surface area (Å²) in [5.41, 5.74) is 0.769. The smallest absolute Gasteiger partial charge is 0.272 e. The molecule has 2 heterocycles. The van der Waals surface area contributed by atoms with Gasteiger partial charge in [-0.15, -0.1) is 0 Å². The lowest BCUT2D eigenvalue weighted by Gasteiger charge is -2.19. The minimum atomic E-state index is -3.31. The number of sulfone groups is 1. The molecular formula is C12H12Cl3N3O3S. The van der Waals surface area contributed by atoms with Crippen LogP contribution in [0.2, 0.25) is 0 Å². The number of rotatable bonds is 3. The van der Waals surface area contributed by atoms with E-state index < -0.39 is 31.6 Å². The van der Waals surface area contributed by atoms with Crippen molar-refractivity contribution >= 4 is 56.8 Å². The first-order valence-corrected chi connectivity index (χ1v) is 9.14.